The second kappa shape index (κ2) is 5.19. The Hall–Kier alpha value is -1.81. The lowest BCUT2D eigenvalue weighted by atomic mass is 9.90. The lowest BCUT2D eigenvalue weighted by molar-refractivity contribution is 0.110. The van der Waals surface area contributed by atoms with E-state index >= 15 is 0 Å². The quantitative estimate of drug-likeness (QED) is 0.592. The number of halogens is 1. The summed E-state index contributed by atoms with van der Waals surface area (Å²) in [7, 11) is 0. The summed E-state index contributed by atoms with van der Waals surface area (Å²) in [5.41, 5.74) is 3.36. The van der Waals surface area contributed by atoms with Crippen molar-refractivity contribution < 1.29 is 9.94 Å². The Labute approximate surface area is 132 Å². The molecule has 1 heterocycles. The minimum Gasteiger partial charge on any atom is -0.487 e. The monoisotopic (exact) mass is 345 g/mol. The lowest BCUT2D eigenvalue weighted by Crippen LogP contribution is -2.36. The number of fused-ring (bicyclic) bond motifs is 1. The van der Waals surface area contributed by atoms with Gasteiger partial charge in [0.2, 0.25) is 0 Å². The Balaban J connectivity index is 2.07. The van der Waals surface area contributed by atoms with Crippen LogP contribution in [-0.2, 0) is 0 Å². The SMILES string of the molecule is CC1(C)C/C(=N\O)c2cc(-c3ccc(Br)cc3)ccc2O1. The van der Waals surface area contributed by atoms with E-state index in [1.807, 2.05) is 44.2 Å². The molecule has 4 heteroatoms. The van der Waals surface area contributed by atoms with Crippen molar-refractivity contribution in [2.24, 2.45) is 5.16 Å². The molecule has 2 aromatic carbocycles. The summed E-state index contributed by atoms with van der Waals surface area (Å²) in [6.07, 6.45) is 0.584. The van der Waals surface area contributed by atoms with Gasteiger partial charge in [0.1, 0.15) is 11.4 Å². The maximum atomic E-state index is 9.29. The van der Waals surface area contributed by atoms with Crippen molar-refractivity contribution in [1.29, 1.82) is 0 Å². The third-order valence-corrected chi connectivity index (χ3v) is 4.10. The van der Waals surface area contributed by atoms with E-state index in [1.165, 1.54) is 0 Å². The Bertz CT molecular complexity index is 705. The maximum absolute atomic E-state index is 9.29. The van der Waals surface area contributed by atoms with Crippen LogP contribution in [0.1, 0.15) is 25.8 Å². The molecular weight excluding hydrogens is 330 g/mol. The average molecular weight is 346 g/mol. The topological polar surface area (TPSA) is 41.8 Å². The number of benzene rings is 2. The third kappa shape index (κ3) is 2.81. The van der Waals surface area contributed by atoms with Gasteiger partial charge in [0.05, 0.1) is 5.71 Å². The molecule has 0 aromatic heterocycles. The first kappa shape index (κ1) is 14.1. The zero-order valence-electron chi connectivity index (χ0n) is 11.9. The predicted molar refractivity (Wildman–Crippen MR) is 87.2 cm³/mol. The first-order valence-electron chi connectivity index (χ1n) is 6.79. The molecule has 1 N–H and O–H groups in total. The normalized spacial score (nSPS) is 18.1. The Morgan fingerprint density at radius 3 is 2.43 bits per heavy atom. The predicted octanol–water partition coefficient (Wildman–Crippen LogP) is 4.86. The number of hydrogen-bond acceptors (Lipinski definition) is 3. The van der Waals surface area contributed by atoms with Gasteiger partial charge < -0.3 is 9.94 Å². The minimum absolute atomic E-state index is 0.353. The molecule has 0 aliphatic carbocycles. The summed E-state index contributed by atoms with van der Waals surface area (Å²) in [5.74, 6) is 0.764. The first-order valence-corrected chi connectivity index (χ1v) is 7.58. The van der Waals surface area contributed by atoms with Crippen LogP contribution in [0, 0.1) is 0 Å². The van der Waals surface area contributed by atoms with E-state index < -0.39 is 0 Å². The van der Waals surface area contributed by atoms with Gasteiger partial charge in [0.15, 0.2) is 0 Å². The molecule has 0 atom stereocenters. The highest BCUT2D eigenvalue weighted by Gasteiger charge is 2.31. The van der Waals surface area contributed by atoms with Crippen LogP contribution in [-0.4, -0.2) is 16.5 Å². The molecule has 3 nitrogen and oxygen atoms in total. The van der Waals surface area contributed by atoms with Crippen LogP contribution in [0.2, 0.25) is 0 Å². The zero-order chi connectivity index (χ0) is 15.0. The van der Waals surface area contributed by atoms with Gasteiger partial charge in [-0.2, -0.15) is 0 Å². The van der Waals surface area contributed by atoms with Gasteiger partial charge in [-0.25, -0.2) is 0 Å². The van der Waals surface area contributed by atoms with Gasteiger partial charge in [-0.05, 0) is 49.2 Å². The number of oxime groups is 1. The van der Waals surface area contributed by atoms with Crippen molar-refractivity contribution >= 4 is 21.6 Å². The molecule has 1 aliphatic rings. The fraction of sp³-hybridized carbons (Fsp3) is 0.235. The van der Waals surface area contributed by atoms with Crippen molar-refractivity contribution in [3.8, 4) is 16.9 Å². The van der Waals surface area contributed by atoms with Crippen molar-refractivity contribution in [2.45, 2.75) is 25.9 Å². The molecule has 0 radical (unpaired) electrons. The molecule has 0 saturated heterocycles. The zero-order valence-corrected chi connectivity index (χ0v) is 13.5. The Morgan fingerprint density at radius 2 is 1.76 bits per heavy atom. The second-order valence-electron chi connectivity index (χ2n) is 5.80. The molecule has 0 unspecified atom stereocenters. The second-order valence-corrected chi connectivity index (χ2v) is 6.72. The first-order chi connectivity index (χ1) is 9.98. The fourth-order valence-electron chi connectivity index (χ4n) is 2.59. The van der Waals surface area contributed by atoms with E-state index in [0.717, 1.165) is 26.9 Å². The van der Waals surface area contributed by atoms with E-state index in [2.05, 4.69) is 33.2 Å². The molecule has 0 bridgehead atoms. The van der Waals surface area contributed by atoms with Gasteiger partial charge in [-0.15, -0.1) is 0 Å². The minimum atomic E-state index is -0.353. The molecule has 2 aromatic rings. The molecule has 0 amide bonds. The molecule has 21 heavy (non-hydrogen) atoms. The summed E-state index contributed by atoms with van der Waals surface area (Å²) in [5, 5.41) is 12.8. The van der Waals surface area contributed by atoms with Gasteiger partial charge in [0.25, 0.3) is 0 Å². The third-order valence-electron chi connectivity index (χ3n) is 3.57. The van der Waals surface area contributed by atoms with Gasteiger partial charge in [-0.1, -0.05) is 39.3 Å². The van der Waals surface area contributed by atoms with Gasteiger partial charge in [0, 0.05) is 16.5 Å². The summed E-state index contributed by atoms with van der Waals surface area (Å²) in [6, 6.07) is 14.1. The summed E-state index contributed by atoms with van der Waals surface area (Å²) >= 11 is 3.44. The van der Waals surface area contributed by atoms with Crippen LogP contribution in [0.4, 0.5) is 0 Å². The molecule has 0 spiro atoms. The van der Waals surface area contributed by atoms with Crippen molar-refractivity contribution in [3.63, 3.8) is 0 Å². The highest BCUT2D eigenvalue weighted by Crippen LogP contribution is 2.36. The molecule has 3 rings (SSSR count). The van der Waals surface area contributed by atoms with Crippen LogP contribution in [0.15, 0.2) is 52.1 Å². The lowest BCUT2D eigenvalue weighted by Gasteiger charge is -2.33. The Morgan fingerprint density at radius 1 is 1.10 bits per heavy atom. The van der Waals surface area contributed by atoms with E-state index in [9.17, 15) is 5.21 Å². The molecular formula is C17H16BrNO2. The van der Waals surface area contributed by atoms with Crippen LogP contribution in [0.25, 0.3) is 11.1 Å². The van der Waals surface area contributed by atoms with Gasteiger partial charge in [-0.3, -0.25) is 0 Å². The van der Waals surface area contributed by atoms with Crippen molar-refractivity contribution in [2.75, 3.05) is 0 Å². The van der Waals surface area contributed by atoms with Crippen LogP contribution >= 0.6 is 15.9 Å². The standard InChI is InChI=1S/C17H16BrNO2/c1-17(2)10-15(19-20)14-9-12(5-8-16(14)21-17)11-3-6-13(18)7-4-11/h3-9,20H,10H2,1-2H3/b19-15+. The highest BCUT2D eigenvalue weighted by atomic mass is 79.9. The average Bonchev–Trinajstić information content (AvgIpc) is 2.46. The largest absolute Gasteiger partial charge is 0.487 e. The summed E-state index contributed by atoms with van der Waals surface area (Å²) in [4.78, 5) is 0. The molecule has 0 saturated carbocycles. The van der Waals surface area contributed by atoms with E-state index in [0.29, 0.717) is 12.1 Å². The molecule has 1 aliphatic heterocycles. The highest BCUT2D eigenvalue weighted by molar-refractivity contribution is 9.10. The number of ether oxygens (including phenoxy) is 1. The number of hydrogen-bond donors (Lipinski definition) is 1. The van der Waals surface area contributed by atoms with E-state index in [1.54, 1.807) is 0 Å². The van der Waals surface area contributed by atoms with Crippen LogP contribution in [0.5, 0.6) is 5.75 Å². The van der Waals surface area contributed by atoms with E-state index in [-0.39, 0.29) is 5.60 Å². The van der Waals surface area contributed by atoms with Gasteiger partial charge >= 0.3 is 0 Å². The number of rotatable bonds is 1. The Kier molecular flexibility index (Phi) is 3.49. The number of nitrogens with zero attached hydrogens (tertiary/aromatic N) is 1. The van der Waals surface area contributed by atoms with Crippen molar-refractivity contribution in [3.05, 3.63) is 52.5 Å². The fourth-order valence-corrected chi connectivity index (χ4v) is 2.85. The smallest absolute Gasteiger partial charge is 0.129 e. The summed E-state index contributed by atoms with van der Waals surface area (Å²) < 4.78 is 7.01. The van der Waals surface area contributed by atoms with Crippen LogP contribution in [0.3, 0.4) is 0 Å². The maximum Gasteiger partial charge on any atom is 0.129 e. The van der Waals surface area contributed by atoms with Crippen LogP contribution < -0.4 is 4.74 Å². The van der Waals surface area contributed by atoms with Crippen molar-refractivity contribution in [1.82, 2.24) is 0 Å². The molecule has 0 fully saturated rings. The summed E-state index contributed by atoms with van der Waals surface area (Å²) in [6.45, 7) is 3.98. The van der Waals surface area contributed by atoms with E-state index in [4.69, 9.17) is 4.74 Å². The molecule has 108 valence electrons.